The molecule has 2 aromatic carbocycles. The lowest BCUT2D eigenvalue weighted by atomic mass is 9.97. The van der Waals surface area contributed by atoms with Gasteiger partial charge < -0.3 is 15.0 Å². The van der Waals surface area contributed by atoms with Crippen LogP contribution in [0.4, 0.5) is 11.5 Å². The van der Waals surface area contributed by atoms with Crippen molar-refractivity contribution < 1.29 is 14.3 Å². The largest absolute Gasteiger partial charge is 0.455 e. The number of nitrogens with zero attached hydrogens (tertiary/aromatic N) is 3. The van der Waals surface area contributed by atoms with Crippen LogP contribution in [0.5, 0.6) is 0 Å². The Bertz CT molecular complexity index is 1130. The average Bonchev–Trinajstić information content (AvgIpc) is 2.88. The van der Waals surface area contributed by atoms with Crippen molar-refractivity contribution >= 4 is 23.4 Å². The first-order chi connectivity index (χ1) is 16.1. The standard InChI is InChI=1S/C26H24N4O3/c27-16-19-6-11-24(28-17-19)30-14-12-22(13-15-30)26(32)33-18-25(31)29-23-9-7-21(8-10-23)20-4-2-1-3-5-20/h1-11,17,22H,12-15,18H2,(H,29,31). The van der Waals surface area contributed by atoms with Crippen molar-refractivity contribution in [2.45, 2.75) is 12.8 Å². The predicted molar refractivity (Wildman–Crippen MR) is 125 cm³/mol. The van der Waals surface area contributed by atoms with Crippen LogP contribution in [-0.2, 0) is 14.3 Å². The van der Waals surface area contributed by atoms with Crippen LogP contribution in [0.1, 0.15) is 18.4 Å². The molecular formula is C26H24N4O3. The van der Waals surface area contributed by atoms with Crippen molar-refractivity contribution in [1.82, 2.24) is 4.98 Å². The van der Waals surface area contributed by atoms with Crippen LogP contribution in [0.3, 0.4) is 0 Å². The van der Waals surface area contributed by atoms with Crippen LogP contribution in [0.15, 0.2) is 72.9 Å². The smallest absolute Gasteiger partial charge is 0.309 e. The second-order valence-corrected chi connectivity index (χ2v) is 7.88. The molecule has 1 aromatic heterocycles. The minimum atomic E-state index is -0.366. The summed E-state index contributed by atoms with van der Waals surface area (Å²) in [4.78, 5) is 31.0. The molecule has 1 aliphatic heterocycles. The van der Waals surface area contributed by atoms with Crippen LogP contribution in [-0.4, -0.2) is 36.6 Å². The lowest BCUT2D eigenvalue weighted by Gasteiger charge is -2.31. The molecule has 2 heterocycles. The number of hydrogen-bond donors (Lipinski definition) is 1. The first-order valence-electron chi connectivity index (χ1n) is 10.9. The normalized spacial score (nSPS) is 13.7. The second kappa shape index (κ2) is 10.4. The fraction of sp³-hybridized carbons (Fsp3) is 0.231. The molecule has 166 valence electrons. The van der Waals surface area contributed by atoms with E-state index >= 15 is 0 Å². The molecule has 7 heteroatoms. The van der Waals surface area contributed by atoms with E-state index in [0.29, 0.717) is 37.2 Å². The molecule has 0 saturated carbocycles. The molecule has 0 radical (unpaired) electrons. The van der Waals surface area contributed by atoms with E-state index in [1.807, 2.05) is 60.7 Å². The van der Waals surface area contributed by atoms with Gasteiger partial charge in [0.15, 0.2) is 6.61 Å². The molecule has 1 aliphatic rings. The van der Waals surface area contributed by atoms with E-state index in [1.165, 1.54) is 0 Å². The summed E-state index contributed by atoms with van der Waals surface area (Å²) in [5, 5.41) is 11.6. The second-order valence-electron chi connectivity index (χ2n) is 7.88. The Morgan fingerprint density at radius 1 is 1.00 bits per heavy atom. The number of piperidine rings is 1. The van der Waals surface area contributed by atoms with Gasteiger partial charge in [0, 0.05) is 25.0 Å². The molecular weight excluding hydrogens is 416 g/mol. The van der Waals surface area contributed by atoms with E-state index < -0.39 is 0 Å². The number of rotatable bonds is 6. The van der Waals surface area contributed by atoms with E-state index in [4.69, 9.17) is 10.00 Å². The SMILES string of the molecule is N#Cc1ccc(N2CCC(C(=O)OCC(=O)Nc3ccc(-c4ccccc4)cc3)CC2)nc1. The first kappa shape index (κ1) is 22.0. The third-order valence-corrected chi connectivity index (χ3v) is 5.65. The van der Waals surface area contributed by atoms with Crippen molar-refractivity contribution in [1.29, 1.82) is 5.26 Å². The van der Waals surface area contributed by atoms with Gasteiger partial charge in [0.1, 0.15) is 11.9 Å². The zero-order valence-electron chi connectivity index (χ0n) is 18.1. The zero-order valence-corrected chi connectivity index (χ0v) is 18.1. The number of carbonyl (C=O) groups excluding carboxylic acids is 2. The lowest BCUT2D eigenvalue weighted by Crippen LogP contribution is -2.38. The van der Waals surface area contributed by atoms with Crippen LogP contribution in [0.2, 0.25) is 0 Å². The molecule has 0 bridgehead atoms. The number of benzene rings is 2. The maximum atomic E-state index is 12.4. The highest BCUT2D eigenvalue weighted by Gasteiger charge is 2.27. The first-order valence-corrected chi connectivity index (χ1v) is 10.9. The number of ether oxygens (including phenoxy) is 1. The molecule has 4 rings (SSSR count). The van der Waals surface area contributed by atoms with E-state index in [9.17, 15) is 9.59 Å². The summed E-state index contributed by atoms with van der Waals surface area (Å²) >= 11 is 0. The number of hydrogen-bond acceptors (Lipinski definition) is 6. The van der Waals surface area contributed by atoms with Crippen LogP contribution in [0, 0.1) is 17.2 Å². The molecule has 1 N–H and O–H groups in total. The third-order valence-electron chi connectivity index (χ3n) is 5.65. The molecule has 7 nitrogen and oxygen atoms in total. The van der Waals surface area contributed by atoms with Gasteiger partial charge in [-0.2, -0.15) is 5.26 Å². The molecule has 1 fully saturated rings. The van der Waals surface area contributed by atoms with Crippen molar-refractivity contribution in [2.24, 2.45) is 5.92 Å². The minimum absolute atomic E-state index is 0.238. The average molecular weight is 441 g/mol. The van der Waals surface area contributed by atoms with Crippen molar-refractivity contribution in [2.75, 3.05) is 29.9 Å². The number of carbonyl (C=O) groups is 2. The molecule has 0 atom stereocenters. The topological polar surface area (TPSA) is 95.3 Å². The zero-order chi connectivity index (χ0) is 23.0. The number of amides is 1. The van der Waals surface area contributed by atoms with Crippen molar-refractivity contribution in [3.05, 3.63) is 78.5 Å². The Labute approximate surface area is 192 Å². The molecule has 0 unspecified atom stereocenters. The van der Waals surface area contributed by atoms with E-state index in [0.717, 1.165) is 16.9 Å². The summed E-state index contributed by atoms with van der Waals surface area (Å²) in [7, 11) is 0. The maximum absolute atomic E-state index is 12.4. The number of esters is 1. The van der Waals surface area contributed by atoms with Gasteiger partial charge in [0.2, 0.25) is 0 Å². The predicted octanol–water partition coefficient (Wildman–Crippen LogP) is 4.02. The summed E-state index contributed by atoms with van der Waals surface area (Å²) < 4.78 is 5.26. The van der Waals surface area contributed by atoms with Gasteiger partial charge in [-0.15, -0.1) is 0 Å². The van der Waals surface area contributed by atoms with Gasteiger partial charge >= 0.3 is 5.97 Å². The number of anilines is 2. The molecule has 0 aliphatic carbocycles. The monoisotopic (exact) mass is 440 g/mol. The fourth-order valence-electron chi connectivity index (χ4n) is 3.81. The van der Waals surface area contributed by atoms with Gasteiger partial charge in [-0.1, -0.05) is 42.5 Å². The van der Waals surface area contributed by atoms with Crippen LogP contribution in [0.25, 0.3) is 11.1 Å². The van der Waals surface area contributed by atoms with E-state index in [1.54, 1.807) is 12.3 Å². The summed E-state index contributed by atoms with van der Waals surface area (Å²) in [6.45, 7) is 1.02. The number of nitrogens with one attached hydrogen (secondary N) is 1. The molecule has 33 heavy (non-hydrogen) atoms. The Hall–Kier alpha value is -4.18. The van der Waals surface area contributed by atoms with Gasteiger partial charge in [-0.3, -0.25) is 9.59 Å². The van der Waals surface area contributed by atoms with Crippen LogP contribution >= 0.6 is 0 Å². The van der Waals surface area contributed by atoms with Crippen molar-refractivity contribution in [3.8, 4) is 17.2 Å². The molecule has 1 saturated heterocycles. The Kier molecular flexibility index (Phi) is 6.96. The van der Waals surface area contributed by atoms with Gasteiger partial charge in [-0.25, -0.2) is 4.98 Å². The highest BCUT2D eigenvalue weighted by Crippen LogP contribution is 2.23. The lowest BCUT2D eigenvalue weighted by molar-refractivity contribution is -0.152. The maximum Gasteiger partial charge on any atom is 0.309 e. The highest BCUT2D eigenvalue weighted by atomic mass is 16.5. The van der Waals surface area contributed by atoms with Crippen molar-refractivity contribution in [3.63, 3.8) is 0 Å². The summed E-state index contributed by atoms with van der Waals surface area (Å²) in [6.07, 6.45) is 2.80. The molecule has 0 spiro atoms. The third kappa shape index (κ3) is 5.74. The van der Waals surface area contributed by atoms with Gasteiger partial charge in [0.25, 0.3) is 5.91 Å². The Balaban J connectivity index is 1.21. The molecule has 3 aromatic rings. The Morgan fingerprint density at radius 2 is 1.70 bits per heavy atom. The fourth-order valence-corrected chi connectivity index (χ4v) is 3.81. The van der Waals surface area contributed by atoms with Crippen LogP contribution < -0.4 is 10.2 Å². The minimum Gasteiger partial charge on any atom is -0.455 e. The number of aromatic nitrogens is 1. The van der Waals surface area contributed by atoms with E-state index in [2.05, 4.69) is 21.3 Å². The van der Waals surface area contributed by atoms with Gasteiger partial charge in [-0.05, 0) is 48.2 Å². The quantitative estimate of drug-likeness (QED) is 0.582. The Morgan fingerprint density at radius 3 is 2.33 bits per heavy atom. The number of nitriles is 1. The van der Waals surface area contributed by atoms with Gasteiger partial charge in [0.05, 0.1) is 11.5 Å². The summed E-state index contributed by atoms with van der Waals surface area (Å²) in [5.41, 5.74) is 3.33. The number of pyridine rings is 1. The summed E-state index contributed by atoms with van der Waals surface area (Å²) in [6, 6.07) is 23.1. The summed E-state index contributed by atoms with van der Waals surface area (Å²) in [5.74, 6) is -0.164. The highest BCUT2D eigenvalue weighted by molar-refractivity contribution is 5.93. The molecule has 1 amide bonds. The van der Waals surface area contributed by atoms with E-state index in [-0.39, 0.29) is 24.4 Å².